The summed E-state index contributed by atoms with van der Waals surface area (Å²) < 4.78 is 85.4. The minimum absolute atomic E-state index is 0.176. The number of rotatable bonds is 5. The fourth-order valence-corrected chi connectivity index (χ4v) is 0.875. The number of hydrogen-bond donors (Lipinski definition) is 3. The van der Waals surface area contributed by atoms with E-state index in [9.17, 15) is 35.5 Å². The maximum absolute atomic E-state index is 12.8. The Morgan fingerprint density at radius 1 is 1.14 bits per heavy atom. The van der Waals surface area contributed by atoms with E-state index in [1.807, 2.05) is 0 Å². The number of halogens is 7. The first kappa shape index (κ1) is 22.9. The molecule has 0 aliphatic carbocycles. The van der Waals surface area contributed by atoms with E-state index in [-0.39, 0.29) is 5.57 Å². The average molecular weight is 344 g/mol. The highest BCUT2D eigenvalue weighted by molar-refractivity contribution is 5.84. The quantitative estimate of drug-likeness (QED) is 0.529. The van der Waals surface area contributed by atoms with Crippen LogP contribution in [-0.4, -0.2) is 52.0 Å². The summed E-state index contributed by atoms with van der Waals surface area (Å²) in [6, 6.07) is 0. The van der Waals surface area contributed by atoms with Gasteiger partial charge in [0.15, 0.2) is 0 Å². The zero-order valence-electron chi connectivity index (χ0n) is 11.5. The normalized spacial score (nSPS) is 15.4. The third-order valence-corrected chi connectivity index (χ3v) is 2.48. The minimum atomic E-state index is -6.43. The molecule has 132 valence electrons. The van der Waals surface area contributed by atoms with Crippen molar-refractivity contribution in [1.29, 1.82) is 0 Å². The highest BCUT2D eigenvalue weighted by atomic mass is 19.4. The van der Waals surface area contributed by atoms with E-state index < -0.39 is 42.6 Å². The molecule has 0 saturated carbocycles. The minimum Gasteiger partial charge on any atom is -0.478 e. The summed E-state index contributed by atoms with van der Waals surface area (Å²) in [6.07, 6.45) is -8.80. The monoisotopic (exact) mass is 344 g/mol. The van der Waals surface area contributed by atoms with Crippen LogP contribution in [0.4, 0.5) is 30.7 Å². The molecule has 0 aromatic rings. The van der Waals surface area contributed by atoms with Gasteiger partial charge in [0.05, 0.1) is 18.6 Å². The summed E-state index contributed by atoms with van der Waals surface area (Å²) in [5, 5.41) is 24.8. The molecule has 2 atom stereocenters. The molecule has 4 nitrogen and oxygen atoms in total. The molecule has 0 spiro atoms. The Balaban J connectivity index is 0. The van der Waals surface area contributed by atoms with Gasteiger partial charge in [-0.3, -0.25) is 0 Å². The van der Waals surface area contributed by atoms with Crippen LogP contribution in [0.25, 0.3) is 0 Å². The Kier molecular flexibility index (Phi) is 8.09. The zero-order chi connectivity index (χ0) is 18.5. The number of hydrogen-bond acceptors (Lipinski definition) is 3. The highest BCUT2D eigenvalue weighted by Crippen LogP contribution is 2.50. The van der Waals surface area contributed by atoms with Gasteiger partial charge in [0, 0.05) is 5.57 Å². The van der Waals surface area contributed by atoms with Crippen LogP contribution in [0.1, 0.15) is 13.8 Å². The first-order valence-corrected chi connectivity index (χ1v) is 5.54. The molecule has 0 fully saturated rings. The highest BCUT2D eigenvalue weighted by Gasteiger charge is 2.75. The van der Waals surface area contributed by atoms with Crippen LogP contribution in [0, 0.1) is 5.92 Å². The van der Waals surface area contributed by atoms with E-state index in [4.69, 9.17) is 15.3 Å². The van der Waals surface area contributed by atoms with Crippen molar-refractivity contribution in [3.05, 3.63) is 12.2 Å². The van der Waals surface area contributed by atoms with Gasteiger partial charge in [0.2, 0.25) is 0 Å². The molecule has 0 heterocycles. The van der Waals surface area contributed by atoms with Gasteiger partial charge >= 0.3 is 24.0 Å². The molecular formula is C11H15F7O4. The van der Waals surface area contributed by atoms with Gasteiger partial charge in [0.25, 0.3) is 0 Å². The van der Waals surface area contributed by atoms with Gasteiger partial charge in [-0.25, -0.2) is 4.79 Å². The molecule has 2 unspecified atom stereocenters. The van der Waals surface area contributed by atoms with Crippen molar-refractivity contribution >= 4 is 5.97 Å². The van der Waals surface area contributed by atoms with Crippen molar-refractivity contribution < 1.29 is 50.8 Å². The smallest absolute Gasteiger partial charge is 0.459 e. The Morgan fingerprint density at radius 3 is 1.64 bits per heavy atom. The largest absolute Gasteiger partial charge is 0.478 e. The summed E-state index contributed by atoms with van der Waals surface area (Å²) in [4.78, 5) is 9.60. The van der Waals surface area contributed by atoms with Crippen molar-refractivity contribution in [3.63, 3.8) is 0 Å². The van der Waals surface area contributed by atoms with Crippen LogP contribution in [0.5, 0.6) is 0 Å². The lowest BCUT2D eigenvalue weighted by Crippen LogP contribution is -2.57. The van der Waals surface area contributed by atoms with Gasteiger partial charge < -0.3 is 15.3 Å². The van der Waals surface area contributed by atoms with E-state index in [0.29, 0.717) is 6.92 Å². The predicted octanol–water partition coefficient (Wildman–Crippen LogP) is 2.46. The molecule has 0 aliphatic rings. The van der Waals surface area contributed by atoms with Crippen molar-refractivity contribution in [2.45, 2.75) is 38.0 Å². The molecule has 0 bridgehead atoms. The van der Waals surface area contributed by atoms with Gasteiger partial charge in [0.1, 0.15) is 0 Å². The molecule has 11 heteroatoms. The van der Waals surface area contributed by atoms with Crippen LogP contribution in [0.3, 0.4) is 0 Å². The van der Waals surface area contributed by atoms with Crippen LogP contribution in [0.15, 0.2) is 12.2 Å². The lowest BCUT2D eigenvalue weighted by molar-refractivity contribution is -0.369. The van der Waals surface area contributed by atoms with E-state index >= 15 is 0 Å². The maximum Gasteiger partial charge on any atom is 0.459 e. The number of carbonyl (C=O) groups is 1. The topological polar surface area (TPSA) is 77.8 Å². The molecule has 0 aliphatic heterocycles. The number of carboxylic acid groups (broad SMARTS) is 1. The molecular weight excluding hydrogens is 329 g/mol. The van der Waals surface area contributed by atoms with Gasteiger partial charge in [-0.05, 0) is 6.92 Å². The van der Waals surface area contributed by atoms with Crippen LogP contribution in [-0.2, 0) is 4.79 Å². The SMILES string of the molecule is C=C(C)C(=O)O.CC(C(O)CO)C(F)(F)C(F)(F)C(F)(F)F. The number of aliphatic hydroxyl groups excluding tert-OH is 2. The van der Waals surface area contributed by atoms with Gasteiger partial charge in [-0.15, -0.1) is 0 Å². The molecule has 0 radical (unpaired) electrons. The molecule has 0 amide bonds. The molecule has 0 aromatic carbocycles. The third-order valence-electron chi connectivity index (χ3n) is 2.48. The van der Waals surface area contributed by atoms with Crippen molar-refractivity contribution in [2.24, 2.45) is 5.92 Å². The van der Waals surface area contributed by atoms with Crippen LogP contribution >= 0.6 is 0 Å². The van der Waals surface area contributed by atoms with Crippen molar-refractivity contribution in [1.82, 2.24) is 0 Å². The maximum atomic E-state index is 12.8. The second kappa shape index (κ2) is 7.77. The van der Waals surface area contributed by atoms with Gasteiger partial charge in [-0.2, -0.15) is 30.7 Å². The molecule has 3 N–H and O–H groups in total. The summed E-state index contributed by atoms with van der Waals surface area (Å²) in [5.74, 6) is -15.5. The van der Waals surface area contributed by atoms with Gasteiger partial charge in [-0.1, -0.05) is 13.5 Å². The summed E-state index contributed by atoms with van der Waals surface area (Å²) in [6.45, 7) is 3.55. The van der Waals surface area contributed by atoms with Crippen LogP contribution in [0.2, 0.25) is 0 Å². The second-order valence-electron chi connectivity index (χ2n) is 4.32. The Bertz CT molecular complexity index is 380. The van der Waals surface area contributed by atoms with Crippen molar-refractivity contribution in [2.75, 3.05) is 6.61 Å². The van der Waals surface area contributed by atoms with E-state index in [0.717, 1.165) is 0 Å². The second-order valence-corrected chi connectivity index (χ2v) is 4.32. The average Bonchev–Trinajstić information content (AvgIpc) is 2.35. The summed E-state index contributed by atoms with van der Waals surface area (Å²) >= 11 is 0. The first-order chi connectivity index (χ1) is 9.53. The number of carboxylic acids is 1. The standard InChI is InChI=1S/C7H9F7O2.C4H6O2/c1-3(4(16)2-15)5(8,9)6(10,11)7(12,13)14;1-3(2)4(5)6/h3-4,15-16H,2H2,1H3;1H2,2H3,(H,5,6). The molecule has 0 aromatic heterocycles. The van der Waals surface area contributed by atoms with Crippen molar-refractivity contribution in [3.8, 4) is 0 Å². The third kappa shape index (κ3) is 5.44. The Morgan fingerprint density at radius 2 is 1.45 bits per heavy atom. The van der Waals surface area contributed by atoms with E-state index in [1.54, 1.807) is 0 Å². The molecule has 0 rings (SSSR count). The fraction of sp³-hybridized carbons (Fsp3) is 0.727. The predicted molar refractivity (Wildman–Crippen MR) is 60.7 cm³/mol. The fourth-order valence-electron chi connectivity index (χ4n) is 0.875. The summed E-state index contributed by atoms with van der Waals surface area (Å²) in [5.41, 5.74) is 0.176. The number of aliphatic carboxylic acids is 1. The van der Waals surface area contributed by atoms with Crippen LogP contribution < -0.4 is 0 Å². The molecule has 0 saturated heterocycles. The lowest BCUT2D eigenvalue weighted by atomic mass is 9.92. The molecule has 22 heavy (non-hydrogen) atoms. The Hall–Kier alpha value is -1.36. The Labute approximate surface area is 120 Å². The number of aliphatic hydroxyl groups is 2. The lowest BCUT2D eigenvalue weighted by Gasteiger charge is -2.33. The summed E-state index contributed by atoms with van der Waals surface area (Å²) in [7, 11) is 0. The number of alkyl halides is 7. The van der Waals surface area contributed by atoms with E-state index in [1.165, 1.54) is 6.92 Å². The van der Waals surface area contributed by atoms with E-state index in [2.05, 4.69) is 6.58 Å². The first-order valence-electron chi connectivity index (χ1n) is 5.54. The zero-order valence-corrected chi connectivity index (χ0v) is 11.5.